The average molecular weight is 232 g/mol. The lowest BCUT2D eigenvalue weighted by atomic mass is 9.95. The molecule has 4 heteroatoms. The highest BCUT2D eigenvalue weighted by Gasteiger charge is 2.39. The van der Waals surface area contributed by atoms with Gasteiger partial charge in [-0.15, -0.1) is 0 Å². The van der Waals surface area contributed by atoms with E-state index in [9.17, 15) is 0 Å². The fourth-order valence-electron chi connectivity index (χ4n) is 2.04. The highest BCUT2D eigenvalue weighted by atomic mass is 16.7. The summed E-state index contributed by atoms with van der Waals surface area (Å²) in [6.45, 7) is 10.7. The van der Waals surface area contributed by atoms with Crippen molar-refractivity contribution in [1.82, 2.24) is 0 Å². The number of hydrogen-bond acceptors (Lipinski definition) is 4. The smallest absolute Gasteiger partial charge is 0.184 e. The molecule has 96 valence electrons. The summed E-state index contributed by atoms with van der Waals surface area (Å²) >= 11 is 0. The molecule has 1 heterocycles. The monoisotopic (exact) mass is 232 g/mol. The lowest BCUT2D eigenvalue weighted by Crippen LogP contribution is -2.51. The summed E-state index contributed by atoms with van der Waals surface area (Å²) in [6.07, 6.45) is -0.176. The Bertz CT molecular complexity index is 186. The standard InChI is InChI=1S/C12H24O4/c1-5-13-10-8-16-12(15-7-3)11(9(10)4)14-6-2/h9-12H,5-8H2,1-4H3/t9-,10+,11+,12?/m0/s1. The molecule has 0 N–H and O–H groups in total. The van der Waals surface area contributed by atoms with E-state index in [4.69, 9.17) is 18.9 Å². The van der Waals surface area contributed by atoms with Gasteiger partial charge in [0.1, 0.15) is 6.10 Å². The van der Waals surface area contributed by atoms with Crippen LogP contribution in [0.1, 0.15) is 27.7 Å². The van der Waals surface area contributed by atoms with Crippen molar-refractivity contribution in [2.75, 3.05) is 26.4 Å². The lowest BCUT2D eigenvalue weighted by Gasteiger charge is -2.40. The minimum atomic E-state index is -0.253. The van der Waals surface area contributed by atoms with Crippen LogP contribution < -0.4 is 0 Å². The minimum absolute atomic E-state index is 0.0322. The molecule has 0 aliphatic carbocycles. The molecular formula is C12H24O4. The largest absolute Gasteiger partial charge is 0.376 e. The topological polar surface area (TPSA) is 36.9 Å². The van der Waals surface area contributed by atoms with E-state index in [0.717, 1.165) is 0 Å². The van der Waals surface area contributed by atoms with Crippen molar-refractivity contribution in [3.05, 3.63) is 0 Å². The third-order valence-electron chi connectivity index (χ3n) is 2.87. The highest BCUT2D eigenvalue weighted by molar-refractivity contribution is 4.82. The van der Waals surface area contributed by atoms with Crippen LogP contribution in [0.2, 0.25) is 0 Å². The second-order valence-electron chi connectivity index (χ2n) is 3.93. The van der Waals surface area contributed by atoms with Crippen LogP contribution in [-0.2, 0) is 18.9 Å². The van der Waals surface area contributed by atoms with Gasteiger partial charge >= 0.3 is 0 Å². The van der Waals surface area contributed by atoms with Gasteiger partial charge in [-0.05, 0) is 20.8 Å². The second-order valence-corrected chi connectivity index (χ2v) is 3.93. The maximum atomic E-state index is 5.71. The Kier molecular flexibility index (Phi) is 6.28. The molecule has 0 aromatic heterocycles. The molecule has 1 aliphatic heterocycles. The Morgan fingerprint density at radius 3 is 2.19 bits per heavy atom. The van der Waals surface area contributed by atoms with Crippen LogP contribution in [-0.4, -0.2) is 44.9 Å². The first-order valence-electron chi connectivity index (χ1n) is 6.20. The lowest BCUT2D eigenvalue weighted by molar-refractivity contribution is -0.269. The van der Waals surface area contributed by atoms with Gasteiger partial charge in [-0.1, -0.05) is 6.92 Å². The molecule has 4 atom stereocenters. The van der Waals surface area contributed by atoms with E-state index in [1.165, 1.54) is 0 Å². The maximum absolute atomic E-state index is 5.71. The first-order chi connectivity index (χ1) is 7.74. The van der Waals surface area contributed by atoms with Crippen molar-refractivity contribution in [2.45, 2.75) is 46.2 Å². The molecule has 1 aliphatic rings. The highest BCUT2D eigenvalue weighted by Crippen LogP contribution is 2.26. The maximum Gasteiger partial charge on any atom is 0.184 e. The van der Waals surface area contributed by atoms with Crippen molar-refractivity contribution in [2.24, 2.45) is 5.92 Å². The molecule has 0 spiro atoms. The van der Waals surface area contributed by atoms with Gasteiger partial charge in [-0.2, -0.15) is 0 Å². The summed E-state index contributed by atoms with van der Waals surface area (Å²) in [7, 11) is 0. The van der Waals surface area contributed by atoms with Crippen LogP contribution in [0.4, 0.5) is 0 Å². The van der Waals surface area contributed by atoms with E-state index in [0.29, 0.717) is 32.3 Å². The summed E-state index contributed by atoms with van der Waals surface area (Å²) in [5, 5.41) is 0. The summed E-state index contributed by atoms with van der Waals surface area (Å²) in [6, 6.07) is 0. The van der Waals surface area contributed by atoms with Crippen molar-refractivity contribution < 1.29 is 18.9 Å². The van der Waals surface area contributed by atoms with Gasteiger partial charge in [0.2, 0.25) is 0 Å². The molecule has 1 rings (SSSR count). The van der Waals surface area contributed by atoms with Crippen LogP contribution in [0, 0.1) is 5.92 Å². The molecule has 1 unspecified atom stereocenters. The zero-order valence-electron chi connectivity index (χ0n) is 10.8. The first kappa shape index (κ1) is 13.9. The predicted octanol–water partition coefficient (Wildman–Crippen LogP) is 1.83. The van der Waals surface area contributed by atoms with Gasteiger partial charge in [0, 0.05) is 25.7 Å². The molecule has 0 bridgehead atoms. The van der Waals surface area contributed by atoms with Crippen molar-refractivity contribution in [3.63, 3.8) is 0 Å². The van der Waals surface area contributed by atoms with Crippen LogP contribution >= 0.6 is 0 Å². The van der Waals surface area contributed by atoms with E-state index < -0.39 is 0 Å². The fourth-order valence-corrected chi connectivity index (χ4v) is 2.04. The average Bonchev–Trinajstić information content (AvgIpc) is 2.28. The van der Waals surface area contributed by atoms with Crippen LogP contribution in [0.5, 0.6) is 0 Å². The summed E-state index contributed by atoms with van der Waals surface area (Å²) in [5.74, 6) is 0.296. The van der Waals surface area contributed by atoms with Gasteiger partial charge in [0.25, 0.3) is 0 Å². The summed E-state index contributed by atoms with van der Waals surface area (Å²) in [4.78, 5) is 0. The number of hydrogen-bond donors (Lipinski definition) is 0. The molecule has 1 fully saturated rings. The summed E-state index contributed by atoms with van der Waals surface area (Å²) in [5.41, 5.74) is 0. The predicted molar refractivity (Wildman–Crippen MR) is 61.4 cm³/mol. The second kappa shape index (κ2) is 7.22. The quantitative estimate of drug-likeness (QED) is 0.700. The third-order valence-corrected chi connectivity index (χ3v) is 2.87. The van der Waals surface area contributed by atoms with Gasteiger partial charge in [-0.3, -0.25) is 0 Å². The minimum Gasteiger partial charge on any atom is -0.376 e. The first-order valence-corrected chi connectivity index (χ1v) is 6.20. The van der Waals surface area contributed by atoms with Gasteiger partial charge in [0.05, 0.1) is 12.7 Å². The molecule has 16 heavy (non-hydrogen) atoms. The van der Waals surface area contributed by atoms with Crippen molar-refractivity contribution in [1.29, 1.82) is 0 Å². The summed E-state index contributed by atoms with van der Waals surface area (Å²) < 4.78 is 22.5. The van der Waals surface area contributed by atoms with E-state index in [1.54, 1.807) is 0 Å². The Morgan fingerprint density at radius 2 is 1.62 bits per heavy atom. The third kappa shape index (κ3) is 3.42. The van der Waals surface area contributed by atoms with Crippen molar-refractivity contribution in [3.8, 4) is 0 Å². The molecule has 4 nitrogen and oxygen atoms in total. The molecule has 0 aromatic carbocycles. The molecule has 0 radical (unpaired) electrons. The molecule has 1 saturated heterocycles. The van der Waals surface area contributed by atoms with Crippen LogP contribution in [0.25, 0.3) is 0 Å². The Labute approximate surface area is 98.2 Å². The Balaban J connectivity index is 2.58. The normalized spacial score (nSPS) is 35.2. The molecule has 0 amide bonds. The fraction of sp³-hybridized carbons (Fsp3) is 1.00. The number of ether oxygens (including phenoxy) is 4. The molecule has 0 aromatic rings. The van der Waals surface area contributed by atoms with E-state index in [1.807, 2.05) is 20.8 Å². The zero-order valence-corrected chi connectivity index (χ0v) is 10.8. The zero-order chi connectivity index (χ0) is 12.0. The van der Waals surface area contributed by atoms with Crippen molar-refractivity contribution >= 4 is 0 Å². The van der Waals surface area contributed by atoms with Gasteiger partial charge < -0.3 is 18.9 Å². The van der Waals surface area contributed by atoms with Crippen LogP contribution in [0.3, 0.4) is 0 Å². The van der Waals surface area contributed by atoms with Gasteiger partial charge in [-0.25, -0.2) is 0 Å². The molecule has 0 saturated carbocycles. The van der Waals surface area contributed by atoms with Crippen LogP contribution in [0.15, 0.2) is 0 Å². The van der Waals surface area contributed by atoms with E-state index in [2.05, 4.69) is 6.92 Å². The van der Waals surface area contributed by atoms with E-state index >= 15 is 0 Å². The SMILES string of the molecule is CCOC1OC[C@@H](OCC)[C@H](C)[C@H]1OCC. The number of rotatable bonds is 6. The molecular weight excluding hydrogens is 208 g/mol. The Hall–Kier alpha value is -0.160. The van der Waals surface area contributed by atoms with E-state index in [-0.39, 0.29) is 18.5 Å². The Morgan fingerprint density at radius 1 is 1.00 bits per heavy atom. The van der Waals surface area contributed by atoms with Gasteiger partial charge in [0.15, 0.2) is 6.29 Å².